The van der Waals surface area contributed by atoms with Gasteiger partial charge in [-0.25, -0.2) is 0 Å². The van der Waals surface area contributed by atoms with Crippen LogP contribution in [0.25, 0.3) is 5.57 Å². The predicted octanol–water partition coefficient (Wildman–Crippen LogP) is 5.67. The summed E-state index contributed by atoms with van der Waals surface area (Å²) < 4.78 is 0. The van der Waals surface area contributed by atoms with Crippen molar-refractivity contribution in [3.05, 3.63) is 101 Å². The van der Waals surface area contributed by atoms with Crippen LogP contribution in [-0.2, 0) is 6.42 Å². The van der Waals surface area contributed by atoms with Crippen LogP contribution in [0.2, 0.25) is 0 Å². The number of nitrogens with zero attached hydrogens (tertiary/aromatic N) is 1. The van der Waals surface area contributed by atoms with E-state index >= 15 is 0 Å². The van der Waals surface area contributed by atoms with Gasteiger partial charge in [0.1, 0.15) is 5.84 Å². The van der Waals surface area contributed by atoms with Gasteiger partial charge in [-0.1, -0.05) is 43.8 Å². The van der Waals surface area contributed by atoms with E-state index in [2.05, 4.69) is 80.0 Å². The molecule has 0 aliphatic rings. The number of amidine groups is 1. The molecule has 0 spiro atoms. The van der Waals surface area contributed by atoms with Gasteiger partial charge >= 0.3 is 0 Å². The van der Waals surface area contributed by atoms with Crippen molar-refractivity contribution in [2.24, 2.45) is 5.73 Å². The minimum absolute atomic E-state index is 0.0730. The average molecular weight is 370 g/mol. The first-order valence-corrected chi connectivity index (χ1v) is 9.47. The van der Waals surface area contributed by atoms with Crippen molar-refractivity contribution in [3.63, 3.8) is 0 Å². The Morgan fingerprint density at radius 2 is 1.43 bits per heavy atom. The number of nitrogens with two attached hydrogens (primary N) is 1. The minimum Gasteiger partial charge on any atom is -0.384 e. The lowest BCUT2D eigenvalue weighted by molar-refractivity contribution is 1.13. The summed E-state index contributed by atoms with van der Waals surface area (Å²) in [4.78, 5) is 2.17. The fraction of sp³-hybridized carbons (Fsp3) is 0.160. The van der Waals surface area contributed by atoms with Crippen molar-refractivity contribution in [1.29, 1.82) is 5.41 Å². The molecule has 3 aromatic rings. The maximum Gasteiger partial charge on any atom is 0.122 e. The monoisotopic (exact) mass is 369 g/mol. The predicted molar refractivity (Wildman–Crippen MR) is 121 cm³/mol. The highest BCUT2D eigenvalue weighted by atomic mass is 15.1. The molecule has 142 valence electrons. The average Bonchev–Trinajstić information content (AvgIpc) is 2.72. The lowest BCUT2D eigenvalue weighted by atomic mass is 9.95. The van der Waals surface area contributed by atoms with E-state index in [-0.39, 0.29) is 5.84 Å². The maximum atomic E-state index is 7.70. The number of nitrogens with one attached hydrogen (secondary N) is 1. The van der Waals surface area contributed by atoms with Crippen molar-refractivity contribution < 1.29 is 0 Å². The molecule has 0 saturated carbocycles. The van der Waals surface area contributed by atoms with Crippen molar-refractivity contribution in [1.82, 2.24) is 0 Å². The van der Waals surface area contributed by atoms with E-state index in [0.29, 0.717) is 0 Å². The number of hydrogen-bond acceptors (Lipinski definition) is 2. The van der Waals surface area contributed by atoms with Gasteiger partial charge in [-0.05, 0) is 77.6 Å². The molecule has 0 heterocycles. The molecule has 3 rings (SSSR count). The number of aryl methyl sites for hydroxylation is 2. The molecular weight excluding hydrogens is 342 g/mol. The van der Waals surface area contributed by atoms with Crippen LogP contribution in [0.1, 0.15) is 34.7 Å². The molecule has 0 fully saturated rings. The van der Waals surface area contributed by atoms with Gasteiger partial charge < -0.3 is 10.6 Å². The highest BCUT2D eigenvalue weighted by molar-refractivity contribution is 5.96. The van der Waals surface area contributed by atoms with Gasteiger partial charge in [-0.2, -0.15) is 0 Å². The van der Waals surface area contributed by atoms with Gasteiger partial charge in [-0.3, -0.25) is 5.41 Å². The van der Waals surface area contributed by atoms with Gasteiger partial charge in [0.05, 0.1) is 0 Å². The molecule has 0 amide bonds. The second-order valence-electron chi connectivity index (χ2n) is 7.11. The van der Waals surface area contributed by atoms with Gasteiger partial charge in [0.2, 0.25) is 0 Å². The molecular formula is C25H27N3. The number of rotatable bonds is 6. The number of hydrogen-bond donors (Lipinski definition) is 2. The van der Waals surface area contributed by atoms with Gasteiger partial charge in [0, 0.05) is 24.0 Å². The molecule has 28 heavy (non-hydrogen) atoms. The van der Waals surface area contributed by atoms with E-state index < -0.39 is 0 Å². The lowest BCUT2D eigenvalue weighted by Crippen LogP contribution is -2.11. The summed E-state index contributed by atoms with van der Waals surface area (Å²) in [5.74, 6) is 0.0730. The Kier molecular flexibility index (Phi) is 5.65. The molecule has 0 saturated heterocycles. The first kappa shape index (κ1) is 19.4. The molecule has 0 bridgehead atoms. The van der Waals surface area contributed by atoms with Crippen LogP contribution in [0, 0.1) is 12.3 Å². The standard InChI is InChI=1S/C25H27N3/c1-5-19-6-10-23(11-7-19)28(4)24-12-8-20(9-13-24)18(3)21-14-17(2)15-22(16-21)25(26)27/h6-16H,3,5H2,1-2,4H3,(H3,26,27). The van der Waals surface area contributed by atoms with Crippen LogP contribution >= 0.6 is 0 Å². The van der Waals surface area contributed by atoms with E-state index in [9.17, 15) is 0 Å². The topological polar surface area (TPSA) is 53.1 Å². The molecule has 0 aliphatic carbocycles. The van der Waals surface area contributed by atoms with E-state index in [4.69, 9.17) is 11.1 Å². The normalized spacial score (nSPS) is 10.5. The highest BCUT2D eigenvalue weighted by Crippen LogP contribution is 2.28. The van der Waals surface area contributed by atoms with Gasteiger partial charge in [0.25, 0.3) is 0 Å². The zero-order valence-corrected chi connectivity index (χ0v) is 16.8. The zero-order valence-electron chi connectivity index (χ0n) is 16.8. The van der Waals surface area contributed by atoms with Crippen LogP contribution in [0.4, 0.5) is 11.4 Å². The fourth-order valence-corrected chi connectivity index (χ4v) is 3.27. The van der Waals surface area contributed by atoms with Crippen LogP contribution in [0.5, 0.6) is 0 Å². The van der Waals surface area contributed by atoms with Crippen LogP contribution in [-0.4, -0.2) is 12.9 Å². The summed E-state index contributed by atoms with van der Waals surface area (Å²) >= 11 is 0. The summed E-state index contributed by atoms with van der Waals surface area (Å²) in [6.45, 7) is 8.43. The molecule has 0 aromatic heterocycles. The second-order valence-corrected chi connectivity index (χ2v) is 7.11. The van der Waals surface area contributed by atoms with E-state index in [0.717, 1.165) is 45.6 Å². The second kappa shape index (κ2) is 8.13. The molecule has 3 aromatic carbocycles. The molecule has 0 unspecified atom stereocenters. The Labute approximate surface area is 167 Å². The van der Waals surface area contributed by atoms with E-state index in [1.54, 1.807) is 0 Å². The zero-order chi connectivity index (χ0) is 20.3. The van der Waals surface area contributed by atoms with E-state index in [1.807, 2.05) is 19.1 Å². The van der Waals surface area contributed by atoms with Crippen molar-refractivity contribution in [3.8, 4) is 0 Å². The quantitative estimate of drug-likeness (QED) is 0.434. The Morgan fingerprint density at radius 1 is 0.893 bits per heavy atom. The molecule has 3 N–H and O–H groups in total. The minimum atomic E-state index is 0.0730. The maximum absolute atomic E-state index is 7.70. The Bertz CT molecular complexity index is 999. The summed E-state index contributed by atoms with van der Waals surface area (Å²) in [6, 6.07) is 23.0. The Hall–Kier alpha value is -3.33. The fourth-order valence-electron chi connectivity index (χ4n) is 3.27. The van der Waals surface area contributed by atoms with Crippen molar-refractivity contribution >= 4 is 22.8 Å². The number of anilines is 2. The summed E-state index contributed by atoms with van der Waals surface area (Å²) in [5.41, 5.74) is 14.0. The third-order valence-corrected chi connectivity index (χ3v) is 5.07. The molecule has 3 heteroatoms. The molecule has 0 radical (unpaired) electrons. The van der Waals surface area contributed by atoms with Gasteiger partial charge in [0.15, 0.2) is 0 Å². The summed E-state index contributed by atoms with van der Waals surface area (Å²) in [7, 11) is 2.07. The van der Waals surface area contributed by atoms with Crippen molar-refractivity contribution in [2.75, 3.05) is 11.9 Å². The third kappa shape index (κ3) is 4.15. The molecule has 0 aliphatic heterocycles. The van der Waals surface area contributed by atoms with Crippen LogP contribution < -0.4 is 10.6 Å². The highest BCUT2D eigenvalue weighted by Gasteiger charge is 2.09. The first-order chi connectivity index (χ1) is 13.4. The first-order valence-electron chi connectivity index (χ1n) is 9.47. The van der Waals surface area contributed by atoms with Crippen LogP contribution in [0.15, 0.2) is 73.3 Å². The Morgan fingerprint density at radius 3 is 1.96 bits per heavy atom. The molecule has 3 nitrogen and oxygen atoms in total. The lowest BCUT2D eigenvalue weighted by Gasteiger charge is -2.20. The van der Waals surface area contributed by atoms with Gasteiger partial charge in [-0.15, -0.1) is 0 Å². The van der Waals surface area contributed by atoms with Crippen molar-refractivity contribution in [2.45, 2.75) is 20.3 Å². The summed E-state index contributed by atoms with van der Waals surface area (Å²) in [6.07, 6.45) is 1.05. The van der Waals surface area contributed by atoms with E-state index in [1.165, 1.54) is 5.56 Å². The SMILES string of the molecule is C=C(c1ccc(N(C)c2ccc(CC)cc2)cc1)c1cc(C)cc(C(=N)N)c1. The smallest absolute Gasteiger partial charge is 0.122 e. The summed E-state index contributed by atoms with van der Waals surface area (Å²) in [5, 5.41) is 7.70. The Balaban J connectivity index is 1.83. The molecule has 0 atom stereocenters. The van der Waals surface area contributed by atoms with Crippen LogP contribution in [0.3, 0.4) is 0 Å². The number of nitrogen functional groups attached to an aromatic ring is 1. The largest absolute Gasteiger partial charge is 0.384 e. The number of benzene rings is 3. The third-order valence-electron chi connectivity index (χ3n) is 5.07.